The molecule has 0 aromatic carbocycles. The van der Waals surface area contributed by atoms with Gasteiger partial charge in [-0.2, -0.15) is 0 Å². The SMILES string of the molecule is C=CCOC(=O)N1C[C@@H]2C[C@@H](C(=O)O)C[C@H]1C2. The molecule has 17 heavy (non-hydrogen) atoms. The van der Waals surface area contributed by atoms with Crippen LogP contribution in [0, 0.1) is 11.8 Å². The average Bonchev–Trinajstić information content (AvgIpc) is 2.61. The van der Waals surface area contributed by atoms with Crippen molar-refractivity contribution in [3.63, 3.8) is 0 Å². The molecule has 1 aliphatic heterocycles. The molecule has 2 fully saturated rings. The lowest BCUT2D eigenvalue weighted by atomic mass is 9.82. The van der Waals surface area contributed by atoms with Crippen molar-refractivity contribution in [1.82, 2.24) is 4.90 Å². The molecule has 0 unspecified atom stereocenters. The Morgan fingerprint density at radius 2 is 2.18 bits per heavy atom. The molecule has 1 aliphatic carbocycles. The molecule has 94 valence electrons. The van der Waals surface area contributed by atoms with Crippen LogP contribution >= 0.6 is 0 Å². The summed E-state index contributed by atoms with van der Waals surface area (Å²) in [7, 11) is 0. The number of amides is 1. The van der Waals surface area contributed by atoms with Gasteiger partial charge in [-0.05, 0) is 25.2 Å². The first-order valence-electron chi connectivity index (χ1n) is 5.89. The molecule has 2 bridgehead atoms. The average molecular weight is 239 g/mol. The number of likely N-dealkylation sites (tertiary alicyclic amines) is 1. The Bertz CT molecular complexity index is 341. The van der Waals surface area contributed by atoms with Crippen LogP contribution in [0.1, 0.15) is 19.3 Å². The van der Waals surface area contributed by atoms with E-state index in [9.17, 15) is 9.59 Å². The molecule has 5 heteroatoms. The van der Waals surface area contributed by atoms with Crippen molar-refractivity contribution >= 4 is 12.1 Å². The predicted molar refractivity (Wildman–Crippen MR) is 60.5 cm³/mol. The van der Waals surface area contributed by atoms with Gasteiger partial charge in [0.1, 0.15) is 6.61 Å². The molecule has 1 amide bonds. The summed E-state index contributed by atoms with van der Waals surface area (Å²) in [6.07, 6.45) is 3.32. The summed E-state index contributed by atoms with van der Waals surface area (Å²) in [5, 5.41) is 9.02. The second kappa shape index (κ2) is 4.77. The first-order valence-corrected chi connectivity index (χ1v) is 5.89. The monoisotopic (exact) mass is 239 g/mol. The number of ether oxygens (including phenoxy) is 1. The van der Waals surface area contributed by atoms with Crippen molar-refractivity contribution in [2.24, 2.45) is 11.8 Å². The molecule has 3 atom stereocenters. The highest BCUT2D eigenvalue weighted by atomic mass is 16.6. The number of hydrogen-bond donors (Lipinski definition) is 1. The highest BCUT2D eigenvalue weighted by molar-refractivity contribution is 5.72. The zero-order valence-electron chi connectivity index (χ0n) is 9.67. The minimum atomic E-state index is -0.749. The topological polar surface area (TPSA) is 66.8 Å². The molecular weight excluding hydrogens is 222 g/mol. The van der Waals surface area contributed by atoms with Gasteiger partial charge in [-0.15, -0.1) is 0 Å². The first-order chi connectivity index (χ1) is 8.11. The van der Waals surface area contributed by atoms with E-state index in [1.54, 1.807) is 4.90 Å². The third kappa shape index (κ3) is 2.43. The van der Waals surface area contributed by atoms with E-state index in [1.807, 2.05) is 0 Å². The lowest BCUT2D eigenvalue weighted by Gasteiger charge is -2.26. The van der Waals surface area contributed by atoms with Crippen LogP contribution in [0.5, 0.6) is 0 Å². The van der Waals surface area contributed by atoms with Crippen LogP contribution in [0.2, 0.25) is 0 Å². The summed E-state index contributed by atoms with van der Waals surface area (Å²) in [6.45, 7) is 4.32. The van der Waals surface area contributed by atoms with Crippen LogP contribution in [-0.2, 0) is 9.53 Å². The maximum atomic E-state index is 11.7. The van der Waals surface area contributed by atoms with Gasteiger partial charge in [0.2, 0.25) is 0 Å². The highest BCUT2D eigenvalue weighted by Gasteiger charge is 2.44. The van der Waals surface area contributed by atoms with Gasteiger partial charge in [0.15, 0.2) is 0 Å². The fraction of sp³-hybridized carbons (Fsp3) is 0.667. The summed E-state index contributed by atoms with van der Waals surface area (Å²) in [4.78, 5) is 24.4. The zero-order chi connectivity index (χ0) is 12.4. The summed E-state index contributed by atoms with van der Waals surface area (Å²) in [5.74, 6) is -0.747. The fourth-order valence-electron chi connectivity index (χ4n) is 2.87. The Kier molecular flexibility index (Phi) is 3.36. The molecule has 1 saturated carbocycles. The Labute approximate surface area is 100 Å². The van der Waals surface area contributed by atoms with Crippen molar-refractivity contribution in [2.75, 3.05) is 13.2 Å². The Hall–Kier alpha value is -1.52. The molecule has 0 aromatic heterocycles. The van der Waals surface area contributed by atoms with Gasteiger partial charge in [-0.25, -0.2) is 4.79 Å². The number of carbonyl (C=O) groups excluding carboxylic acids is 1. The van der Waals surface area contributed by atoms with Crippen LogP contribution in [0.4, 0.5) is 4.79 Å². The number of fused-ring (bicyclic) bond motifs is 2. The van der Waals surface area contributed by atoms with Crippen LogP contribution < -0.4 is 0 Å². The molecule has 0 aromatic rings. The summed E-state index contributed by atoms with van der Waals surface area (Å²) < 4.78 is 5.00. The van der Waals surface area contributed by atoms with E-state index >= 15 is 0 Å². The summed E-state index contributed by atoms with van der Waals surface area (Å²) in [5.41, 5.74) is 0. The Morgan fingerprint density at radius 3 is 2.82 bits per heavy atom. The quantitative estimate of drug-likeness (QED) is 0.758. The van der Waals surface area contributed by atoms with E-state index in [2.05, 4.69) is 6.58 Å². The molecular formula is C12H17NO4. The van der Waals surface area contributed by atoms with Gasteiger partial charge in [0.05, 0.1) is 5.92 Å². The minimum absolute atomic E-state index is 0.0344. The molecule has 2 aliphatic rings. The van der Waals surface area contributed by atoms with Gasteiger partial charge >= 0.3 is 12.1 Å². The third-order valence-corrected chi connectivity index (χ3v) is 3.58. The number of hydrogen-bond acceptors (Lipinski definition) is 3. The van der Waals surface area contributed by atoms with Crippen LogP contribution in [-0.4, -0.2) is 41.3 Å². The first kappa shape index (κ1) is 12.0. The summed E-state index contributed by atoms with van der Waals surface area (Å²) >= 11 is 0. The van der Waals surface area contributed by atoms with Crippen molar-refractivity contribution < 1.29 is 19.4 Å². The van der Waals surface area contributed by atoms with Crippen molar-refractivity contribution in [2.45, 2.75) is 25.3 Å². The molecule has 0 spiro atoms. The fourth-order valence-corrected chi connectivity index (χ4v) is 2.87. The van der Waals surface area contributed by atoms with E-state index in [1.165, 1.54) is 6.08 Å². The number of aliphatic carboxylic acids is 1. The van der Waals surface area contributed by atoms with Crippen molar-refractivity contribution in [3.8, 4) is 0 Å². The smallest absolute Gasteiger partial charge is 0.410 e. The van der Waals surface area contributed by atoms with Crippen LogP contribution in [0.3, 0.4) is 0 Å². The largest absolute Gasteiger partial charge is 0.481 e. The lowest BCUT2D eigenvalue weighted by Crippen LogP contribution is -2.37. The molecule has 5 nitrogen and oxygen atoms in total. The third-order valence-electron chi connectivity index (χ3n) is 3.58. The van der Waals surface area contributed by atoms with Gasteiger partial charge in [0.25, 0.3) is 0 Å². The maximum absolute atomic E-state index is 11.7. The normalized spacial score (nSPS) is 31.1. The summed E-state index contributed by atoms with van der Waals surface area (Å²) in [6, 6.07) is 0.0344. The number of carboxylic acid groups (broad SMARTS) is 1. The molecule has 0 radical (unpaired) electrons. The number of nitrogens with zero attached hydrogens (tertiary/aromatic N) is 1. The molecule has 1 heterocycles. The van der Waals surface area contributed by atoms with Crippen molar-refractivity contribution in [1.29, 1.82) is 0 Å². The van der Waals surface area contributed by atoms with E-state index in [4.69, 9.17) is 9.84 Å². The van der Waals surface area contributed by atoms with Gasteiger partial charge in [-0.1, -0.05) is 12.7 Å². The van der Waals surface area contributed by atoms with Gasteiger partial charge in [-0.3, -0.25) is 4.79 Å². The van der Waals surface area contributed by atoms with E-state index in [0.717, 1.165) is 6.42 Å². The molecule has 2 rings (SSSR count). The van der Waals surface area contributed by atoms with Gasteiger partial charge < -0.3 is 14.7 Å². The number of carbonyl (C=O) groups is 2. The maximum Gasteiger partial charge on any atom is 0.410 e. The Morgan fingerprint density at radius 1 is 1.41 bits per heavy atom. The van der Waals surface area contributed by atoms with Crippen molar-refractivity contribution in [3.05, 3.63) is 12.7 Å². The van der Waals surface area contributed by atoms with E-state index in [-0.39, 0.29) is 24.7 Å². The highest BCUT2D eigenvalue weighted by Crippen LogP contribution is 2.39. The number of carboxylic acids is 1. The minimum Gasteiger partial charge on any atom is -0.481 e. The second-order valence-corrected chi connectivity index (χ2v) is 4.78. The van der Waals surface area contributed by atoms with Crippen LogP contribution in [0.25, 0.3) is 0 Å². The second-order valence-electron chi connectivity index (χ2n) is 4.78. The standard InChI is InChI=1S/C12H17NO4/c1-2-3-17-12(16)13-7-8-4-9(11(14)15)6-10(13)5-8/h2,8-10H,1,3-7H2,(H,14,15)/t8-,9-,10-/m1/s1. The van der Waals surface area contributed by atoms with E-state index < -0.39 is 5.97 Å². The number of rotatable bonds is 3. The predicted octanol–water partition coefficient (Wildman–Crippen LogP) is 1.49. The van der Waals surface area contributed by atoms with Gasteiger partial charge in [0, 0.05) is 12.6 Å². The van der Waals surface area contributed by atoms with E-state index in [0.29, 0.717) is 25.3 Å². The zero-order valence-corrected chi connectivity index (χ0v) is 9.67. The lowest BCUT2D eigenvalue weighted by molar-refractivity contribution is -0.143. The Balaban J connectivity index is 1.97. The molecule has 1 N–H and O–H groups in total. The molecule has 1 saturated heterocycles. The van der Waals surface area contributed by atoms with Crippen LogP contribution in [0.15, 0.2) is 12.7 Å².